The lowest BCUT2D eigenvalue weighted by molar-refractivity contribution is 0.454. The number of para-hydroxylation sites is 1. The Hall–Kier alpha value is -2.79. The first-order valence-electron chi connectivity index (χ1n) is 8.29. The van der Waals surface area contributed by atoms with Crippen molar-refractivity contribution in [3.63, 3.8) is 0 Å². The number of rotatable bonds is 2. The highest BCUT2D eigenvalue weighted by atomic mass is 16.5. The van der Waals surface area contributed by atoms with Crippen molar-refractivity contribution in [2.45, 2.75) is 26.7 Å². The van der Waals surface area contributed by atoms with E-state index >= 15 is 0 Å². The molecule has 1 aliphatic heterocycles. The van der Waals surface area contributed by atoms with E-state index in [2.05, 4.69) is 42.7 Å². The summed E-state index contributed by atoms with van der Waals surface area (Å²) in [5.41, 5.74) is 5.62. The summed E-state index contributed by atoms with van der Waals surface area (Å²) in [7, 11) is 0.714. The predicted molar refractivity (Wildman–Crippen MR) is 106 cm³/mol. The molecule has 4 aromatic rings. The van der Waals surface area contributed by atoms with E-state index in [0.29, 0.717) is 13.4 Å². The van der Waals surface area contributed by atoms with Gasteiger partial charge in [0.25, 0.3) is 0 Å². The zero-order valence-electron chi connectivity index (χ0n) is 14.0. The lowest BCUT2D eigenvalue weighted by Crippen LogP contribution is -2.27. The second kappa shape index (κ2) is 5.61. The number of nitrogens with zero attached hydrogens (tertiary/aromatic N) is 2. The molecule has 1 N–H and O–H groups in total. The minimum atomic E-state index is -0.168. The summed E-state index contributed by atoms with van der Waals surface area (Å²) in [6.45, 7) is 4.45. The molecule has 0 spiro atoms. The summed E-state index contributed by atoms with van der Waals surface area (Å²) < 4.78 is 7.46. The molecule has 0 fully saturated rings. The Labute approximate surface area is 153 Å². The van der Waals surface area contributed by atoms with Crippen molar-refractivity contribution in [3.8, 4) is 11.4 Å². The lowest BCUT2D eigenvalue weighted by Gasteiger charge is -2.33. The van der Waals surface area contributed by atoms with Crippen molar-refractivity contribution in [2.24, 2.45) is 0 Å². The van der Waals surface area contributed by atoms with E-state index < -0.39 is 0 Å². The highest BCUT2D eigenvalue weighted by molar-refractivity contribution is 6.18. The van der Waals surface area contributed by atoms with Gasteiger partial charge in [0, 0.05) is 22.4 Å². The van der Waals surface area contributed by atoms with E-state index in [1.807, 2.05) is 30.5 Å². The van der Waals surface area contributed by atoms with E-state index in [4.69, 9.17) is 14.7 Å². The van der Waals surface area contributed by atoms with Crippen LogP contribution in [0.15, 0.2) is 54.7 Å². The topological polar surface area (TPSA) is 47.3 Å². The van der Waals surface area contributed by atoms with Crippen molar-refractivity contribution >= 4 is 29.5 Å². The quantitative estimate of drug-likeness (QED) is 0.550. The van der Waals surface area contributed by atoms with Crippen LogP contribution in [0, 0.1) is 0 Å². The Balaban J connectivity index is 0.00000168. The van der Waals surface area contributed by atoms with Gasteiger partial charge in [-0.2, -0.15) is 0 Å². The molecule has 0 atom stereocenters. The molecule has 129 valence electrons. The second-order valence-corrected chi connectivity index (χ2v) is 6.94. The van der Waals surface area contributed by atoms with Crippen LogP contribution >= 0.6 is 0 Å². The van der Waals surface area contributed by atoms with Gasteiger partial charge in [0.15, 0.2) is 0 Å². The van der Waals surface area contributed by atoms with Gasteiger partial charge in [-0.15, -0.1) is 0 Å². The number of fused-ring (bicyclic) bond motifs is 5. The SMILES string of the molecule is C.CC1(C)c2ncccc2-n2c3ccc(O[B]O)cc3c3cccc1c32. The minimum Gasteiger partial charge on any atom is -0.537 e. The smallest absolute Gasteiger partial charge is 0.537 e. The summed E-state index contributed by atoms with van der Waals surface area (Å²) in [5, 5.41) is 11.2. The van der Waals surface area contributed by atoms with Crippen molar-refractivity contribution in [2.75, 3.05) is 0 Å². The molecule has 1 aliphatic rings. The zero-order chi connectivity index (χ0) is 17.2. The maximum absolute atomic E-state index is 8.95. The first-order chi connectivity index (χ1) is 12.1. The maximum atomic E-state index is 8.95. The highest BCUT2D eigenvalue weighted by Crippen LogP contribution is 2.46. The molecule has 26 heavy (non-hydrogen) atoms. The summed E-state index contributed by atoms with van der Waals surface area (Å²) >= 11 is 0. The Morgan fingerprint density at radius 1 is 1.08 bits per heavy atom. The van der Waals surface area contributed by atoms with Crippen LogP contribution in [0.3, 0.4) is 0 Å². The van der Waals surface area contributed by atoms with Crippen LogP contribution in [0.1, 0.15) is 32.5 Å². The average molecular weight is 343 g/mol. The Morgan fingerprint density at radius 2 is 1.92 bits per heavy atom. The summed E-state index contributed by atoms with van der Waals surface area (Å²) in [5.74, 6) is 0.615. The van der Waals surface area contributed by atoms with Gasteiger partial charge >= 0.3 is 7.69 Å². The molecule has 2 aromatic heterocycles. The predicted octanol–water partition coefficient (Wildman–Crippen LogP) is 4.36. The van der Waals surface area contributed by atoms with Gasteiger partial charge in [0.05, 0.1) is 22.4 Å². The maximum Gasteiger partial charge on any atom is 0.569 e. The van der Waals surface area contributed by atoms with Gasteiger partial charge in [-0.1, -0.05) is 25.6 Å². The van der Waals surface area contributed by atoms with Gasteiger partial charge in [-0.3, -0.25) is 4.98 Å². The summed E-state index contributed by atoms with van der Waals surface area (Å²) in [4.78, 5) is 4.71. The van der Waals surface area contributed by atoms with Crippen LogP contribution in [0.2, 0.25) is 0 Å². The largest absolute Gasteiger partial charge is 0.569 e. The average Bonchev–Trinajstić information content (AvgIpc) is 2.95. The number of hydrogen-bond donors (Lipinski definition) is 1. The number of aromatic nitrogens is 2. The standard InChI is InChI=1S/C20H16BN2O2.CH4/c1-20(2)15-6-3-5-13-14-11-12(25-21-24)8-9-16(14)23(18(13)15)17-7-4-10-22-19(17)20;/h3-11,24H,1-2H3;1H4. The monoisotopic (exact) mass is 343 g/mol. The third-order valence-electron chi connectivity index (χ3n) is 5.24. The van der Waals surface area contributed by atoms with Crippen LogP contribution in [-0.4, -0.2) is 22.3 Å². The van der Waals surface area contributed by atoms with Crippen LogP contribution in [0.25, 0.3) is 27.5 Å². The second-order valence-electron chi connectivity index (χ2n) is 6.94. The van der Waals surface area contributed by atoms with Gasteiger partial charge in [0.1, 0.15) is 5.75 Å². The fourth-order valence-electron chi connectivity index (χ4n) is 4.12. The van der Waals surface area contributed by atoms with Gasteiger partial charge in [-0.25, -0.2) is 0 Å². The third-order valence-corrected chi connectivity index (χ3v) is 5.24. The van der Waals surface area contributed by atoms with E-state index in [-0.39, 0.29) is 12.8 Å². The first kappa shape index (κ1) is 16.7. The van der Waals surface area contributed by atoms with Crippen LogP contribution in [0.4, 0.5) is 0 Å². The van der Waals surface area contributed by atoms with Gasteiger partial charge < -0.3 is 14.2 Å². The van der Waals surface area contributed by atoms with Gasteiger partial charge in [-0.05, 0) is 49.7 Å². The van der Waals surface area contributed by atoms with Crippen molar-refractivity contribution < 1.29 is 9.68 Å². The number of hydrogen-bond acceptors (Lipinski definition) is 3. The lowest BCUT2D eigenvalue weighted by atomic mass is 9.77. The molecule has 4 nitrogen and oxygen atoms in total. The Bertz CT molecular complexity index is 1150. The van der Waals surface area contributed by atoms with E-state index in [1.54, 1.807) is 0 Å². The normalized spacial score (nSPS) is 14.0. The van der Waals surface area contributed by atoms with Crippen LogP contribution in [-0.2, 0) is 5.41 Å². The van der Waals surface area contributed by atoms with E-state index in [1.165, 1.54) is 16.5 Å². The zero-order valence-corrected chi connectivity index (χ0v) is 14.0. The molecule has 3 heterocycles. The van der Waals surface area contributed by atoms with Crippen molar-refractivity contribution in [3.05, 3.63) is 66.0 Å². The van der Waals surface area contributed by atoms with E-state index in [0.717, 1.165) is 22.3 Å². The first-order valence-corrected chi connectivity index (χ1v) is 8.29. The molecule has 0 amide bonds. The van der Waals surface area contributed by atoms with Crippen LogP contribution < -0.4 is 4.65 Å². The van der Waals surface area contributed by atoms with Gasteiger partial charge in [0.2, 0.25) is 0 Å². The molecule has 0 saturated heterocycles. The van der Waals surface area contributed by atoms with E-state index in [9.17, 15) is 0 Å². The highest BCUT2D eigenvalue weighted by Gasteiger charge is 2.36. The molecule has 0 saturated carbocycles. The fourth-order valence-corrected chi connectivity index (χ4v) is 4.12. The Kier molecular flexibility index (Phi) is 3.60. The Morgan fingerprint density at radius 3 is 2.73 bits per heavy atom. The van der Waals surface area contributed by atoms with Crippen molar-refractivity contribution in [1.29, 1.82) is 0 Å². The molecule has 5 rings (SSSR count). The molecular formula is C21H20BN2O2. The molecule has 5 heteroatoms. The molecule has 1 radical (unpaired) electrons. The van der Waals surface area contributed by atoms with Crippen molar-refractivity contribution in [1.82, 2.24) is 9.55 Å². The molecule has 0 bridgehead atoms. The molecule has 2 aromatic carbocycles. The minimum absolute atomic E-state index is 0. The summed E-state index contributed by atoms with van der Waals surface area (Å²) in [6, 6.07) is 16.4. The summed E-state index contributed by atoms with van der Waals surface area (Å²) in [6.07, 6.45) is 1.86. The molecular weight excluding hydrogens is 323 g/mol. The number of pyridine rings is 1. The molecule has 0 unspecified atom stereocenters. The number of benzene rings is 2. The third kappa shape index (κ3) is 1.98. The fraction of sp³-hybridized carbons (Fsp3) is 0.190. The van der Waals surface area contributed by atoms with Crippen LogP contribution in [0.5, 0.6) is 5.75 Å². The molecule has 0 aliphatic carbocycles.